The van der Waals surface area contributed by atoms with Crippen LogP contribution in [0.4, 0.5) is 23.2 Å². The molecule has 20 heavy (non-hydrogen) atoms. The maximum Gasteiger partial charge on any atom is 0.419 e. The van der Waals surface area contributed by atoms with Gasteiger partial charge < -0.3 is 10.4 Å². The van der Waals surface area contributed by atoms with Gasteiger partial charge in [0.2, 0.25) is 0 Å². The second-order valence-corrected chi connectivity index (χ2v) is 4.22. The van der Waals surface area contributed by atoms with Crippen molar-refractivity contribution in [2.24, 2.45) is 0 Å². The van der Waals surface area contributed by atoms with E-state index in [0.717, 1.165) is 12.1 Å². The molecule has 0 aliphatic carbocycles. The van der Waals surface area contributed by atoms with Gasteiger partial charge in [0.05, 0.1) is 5.56 Å². The molecule has 106 valence electrons. The minimum atomic E-state index is -4.72. The molecule has 0 aliphatic rings. The van der Waals surface area contributed by atoms with E-state index >= 15 is 0 Å². The number of hydrogen-bond acceptors (Lipinski definition) is 2. The van der Waals surface area contributed by atoms with Crippen LogP contribution in [-0.4, -0.2) is 5.11 Å². The Morgan fingerprint density at radius 2 is 1.80 bits per heavy atom. The van der Waals surface area contributed by atoms with Crippen molar-refractivity contribution in [3.8, 4) is 5.75 Å². The van der Waals surface area contributed by atoms with Gasteiger partial charge in [0.25, 0.3) is 0 Å². The van der Waals surface area contributed by atoms with Crippen molar-refractivity contribution < 1.29 is 22.7 Å². The van der Waals surface area contributed by atoms with Gasteiger partial charge in [-0.2, -0.15) is 13.2 Å². The summed E-state index contributed by atoms with van der Waals surface area (Å²) in [5, 5.41) is 12.1. The van der Waals surface area contributed by atoms with Crippen molar-refractivity contribution >= 4 is 5.69 Å². The van der Waals surface area contributed by atoms with Crippen LogP contribution in [0.15, 0.2) is 42.5 Å². The lowest BCUT2D eigenvalue weighted by Crippen LogP contribution is -2.10. The molecule has 0 bridgehead atoms. The zero-order valence-corrected chi connectivity index (χ0v) is 10.2. The van der Waals surface area contributed by atoms with E-state index in [4.69, 9.17) is 0 Å². The van der Waals surface area contributed by atoms with E-state index < -0.39 is 17.6 Å². The van der Waals surface area contributed by atoms with Gasteiger partial charge in [-0.25, -0.2) is 4.39 Å². The van der Waals surface area contributed by atoms with Crippen molar-refractivity contribution in [2.45, 2.75) is 12.7 Å². The highest BCUT2D eigenvalue weighted by atomic mass is 19.4. The van der Waals surface area contributed by atoms with E-state index in [1.807, 2.05) is 0 Å². The van der Waals surface area contributed by atoms with Gasteiger partial charge in [-0.1, -0.05) is 12.1 Å². The molecule has 0 aliphatic heterocycles. The summed E-state index contributed by atoms with van der Waals surface area (Å²) in [4.78, 5) is 0. The maximum atomic E-state index is 13.1. The second-order valence-electron chi connectivity index (χ2n) is 4.22. The Morgan fingerprint density at radius 1 is 1.05 bits per heavy atom. The molecule has 0 radical (unpaired) electrons. The highest BCUT2D eigenvalue weighted by Gasteiger charge is 2.34. The largest absolute Gasteiger partial charge is 0.508 e. The smallest absolute Gasteiger partial charge is 0.419 e. The van der Waals surface area contributed by atoms with Crippen molar-refractivity contribution in [1.29, 1.82) is 0 Å². The lowest BCUT2D eigenvalue weighted by molar-refractivity contribution is -0.140. The molecule has 2 aromatic rings. The molecule has 0 heterocycles. The molecule has 2 rings (SSSR count). The first-order valence-corrected chi connectivity index (χ1v) is 5.75. The van der Waals surface area contributed by atoms with E-state index in [1.165, 1.54) is 18.2 Å². The fraction of sp³-hybridized carbons (Fsp3) is 0.143. The summed E-state index contributed by atoms with van der Waals surface area (Å²) in [7, 11) is 0. The third-order valence-corrected chi connectivity index (χ3v) is 2.68. The summed E-state index contributed by atoms with van der Waals surface area (Å²) in [5.41, 5.74) is -0.433. The van der Waals surface area contributed by atoms with Crippen molar-refractivity contribution in [3.05, 3.63) is 59.4 Å². The van der Waals surface area contributed by atoms with Gasteiger partial charge in [0, 0.05) is 18.3 Å². The standard InChI is InChI=1S/C14H11F4NO/c15-13-5-4-9(6-12(13)14(16,17)18)8-19-10-2-1-3-11(20)7-10/h1-7,19-20H,8H2. The molecule has 0 saturated carbocycles. The molecule has 0 fully saturated rings. The monoisotopic (exact) mass is 285 g/mol. The summed E-state index contributed by atoms with van der Waals surface area (Å²) in [6, 6.07) is 9.02. The van der Waals surface area contributed by atoms with Crippen LogP contribution >= 0.6 is 0 Å². The first kappa shape index (κ1) is 14.2. The number of phenols is 1. The van der Waals surface area contributed by atoms with E-state index in [0.29, 0.717) is 11.3 Å². The Hall–Kier alpha value is -2.24. The topological polar surface area (TPSA) is 32.3 Å². The Bertz CT molecular complexity index is 610. The summed E-state index contributed by atoms with van der Waals surface area (Å²) >= 11 is 0. The zero-order chi connectivity index (χ0) is 14.8. The second kappa shape index (κ2) is 5.40. The van der Waals surface area contributed by atoms with Crippen LogP contribution in [0.2, 0.25) is 0 Å². The summed E-state index contributed by atoms with van der Waals surface area (Å²) < 4.78 is 50.8. The first-order valence-electron chi connectivity index (χ1n) is 5.75. The number of anilines is 1. The third kappa shape index (κ3) is 3.40. The molecule has 2 nitrogen and oxygen atoms in total. The van der Waals surface area contributed by atoms with E-state index in [-0.39, 0.29) is 12.3 Å². The number of alkyl halides is 3. The van der Waals surface area contributed by atoms with Crippen LogP contribution in [0.3, 0.4) is 0 Å². The summed E-state index contributed by atoms with van der Waals surface area (Å²) in [6.45, 7) is 0.0901. The van der Waals surface area contributed by atoms with E-state index in [1.54, 1.807) is 12.1 Å². The van der Waals surface area contributed by atoms with Gasteiger partial charge in [0.15, 0.2) is 0 Å². The van der Waals surface area contributed by atoms with Crippen LogP contribution in [-0.2, 0) is 12.7 Å². The normalized spacial score (nSPS) is 11.4. The Labute approximate surface area is 112 Å². The van der Waals surface area contributed by atoms with Crippen LogP contribution in [0.25, 0.3) is 0 Å². The number of benzene rings is 2. The average molecular weight is 285 g/mol. The van der Waals surface area contributed by atoms with E-state index in [2.05, 4.69) is 5.32 Å². The van der Waals surface area contributed by atoms with Gasteiger partial charge >= 0.3 is 6.18 Å². The van der Waals surface area contributed by atoms with Crippen LogP contribution < -0.4 is 5.32 Å². The number of aromatic hydroxyl groups is 1. The summed E-state index contributed by atoms with van der Waals surface area (Å²) in [6.07, 6.45) is -4.72. The highest BCUT2D eigenvalue weighted by molar-refractivity contribution is 5.48. The SMILES string of the molecule is Oc1cccc(NCc2ccc(F)c(C(F)(F)F)c2)c1. The fourth-order valence-corrected chi connectivity index (χ4v) is 1.72. The van der Waals surface area contributed by atoms with Gasteiger partial charge in [-0.3, -0.25) is 0 Å². The van der Waals surface area contributed by atoms with Crippen molar-refractivity contribution in [1.82, 2.24) is 0 Å². The quantitative estimate of drug-likeness (QED) is 0.830. The number of halogens is 4. The number of hydrogen-bond donors (Lipinski definition) is 2. The lowest BCUT2D eigenvalue weighted by atomic mass is 10.1. The van der Waals surface area contributed by atoms with Crippen LogP contribution in [0.5, 0.6) is 5.75 Å². The third-order valence-electron chi connectivity index (χ3n) is 2.68. The van der Waals surface area contributed by atoms with Crippen molar-refractivity contribution in [3.63, 3.8) is 0 Å². The molecular weight excluding hydrogens is 274 g/mol. The predicted molar refractivity (Wildman–Crippen MR) is 66.8 cm³/mol. The molecule has 0 amide bonds. The number of rotatable bonds is 3. The van der Waals surface area contributed by atoms with Crippen LogP contribution in [0.1, 0.15) is 11.1 Å². The van der Waals surface area contributed by atoms with Crippen LogP contribution in [0, 0.1) is 5.82 Å². The molecule has 0 spiro atoms. The molecule has 0 saturated heterocycles. The Morgan fingerprint density at radius 3 is 2.45 bits per heavy atom. The maximum absolute atomic E-state index is 13.1. The van der Waals surface area contributed by atoms with Gasteiger partial charge in [0.1, 0.15) is 11.6 Å². The van der Waals surface area contributed by atoms with Gasteiger partial charge in [-0.05, 0) is 29.8 Å². The lowest BCUT2D eigenvalue weighted by Gasteiger charge is -2.11. The minimum absolute atomic E-state index is 0.0464. The zero-order valence-electron chi connectivity index (χ0n) is 10.2. The van der Waals surface area contributed by atoms with Crippen molar-refractivity contribution in [2.75, 3.05) is 5.32 Å². The summed E-state index contributed by atoms with van der Waals surface area (Å²) in [5.74, 6) is -1.25. The Balaban J connectivity index is 2.14. The average Bonchev–Trinajstić information content (AvgIpc) is 2.36. The molecule has 2 aromatic carbocycles. The first-order chi connectivity index (χ1) is 9.36. The minimum Gasteiger partial charge on any atom is -0.508 e. The molecule has 6 heteroatoms. The molecule has 0 aromatic heterocycles. The van der Waals surface area contributed by atoms with Gasteiger partial charge in [-0.15, -0.1) is 0 Å². The predicted octanol–water partition coefficient (Wildman–Crippen LogP) is 4.16. The fourth-order valence-electron chi connectivity index (χ4n) is 1.72. The highest BCUT2D eigenvalue weighted by Crippen LogP contribution is 2.32. The molecule has 0 atom stereocenters. The van der Waals surface area contributed by atoms with E-state index in [9.17, 15) is 22.7 Å². The number of phenolic OH excluding ortho intramolecular Hbond substituents is 1. The molecule has 0 unspecified atom stereocenters. The Kier molecular flexibility index (Phi) is 3.83. The number of nitrogens with one attached hydrogen (secondary N) is 1. The molecular formula is C14H11F4NO. The molecule has 2 N–H and O–H groups in total.